The number of rotatable bonds is 8. The van der Waals surface area contributed by atoms with E-state index in [1.54, 1.807) is 54.6 Å². The van der Waals surface area contributed by atoms with E-state index in [1.807, 2.05) is 0 Å². The highest BCUT2D eigenvalue weighted by atomic mass is 35.5. The van der Waals surface area contributed by atoms with E-state index in [1.165, 1.54) is 43.7 Å². The molecular weight excluding hydrogens is 579 g/mol. The lowest BCUT2D eigenvalue weighted by Crippen LogP contribution is -2.20. The first-order chi connectivity index (χ1) is 20.8. The fraction of sp³-hybridized carbons (Fsp3) is 0.0645. The van der Waals surface area contributed by atoms with Crippen LogP contribution in [-0.2, 0) is 6.61 Å². The van der Waals surface area contributed by atoms with Gasteiger partial charge < -0.3 is 13.9 Å². The Hall–Kier alpha value is -5.55. The largest absolute Gasteiger partial charge is 0.493 e. The highest BCUT2D eigenvalue weighted by molar-refractivity contribution is 6.31. The maximum absolute atomic E-state index is 13.6. The first-order valence-electron chi connectivity index (χ1n) is 12.8. The SMILES string of the molecule is COc1cc(C=Nn2c(-c3cc4cc(Cl)ccc4o3)nc3ccccc3c2=O)cc([N+](=O)[O-])c1OCc1cccc(F)c1. The monoisotopic (exact) mass is 598 g/mol. The van der Waals surface area contributed by atoms with Gasteiger partial charge in [-0.25, -0.2) is 9.37 Å². The minimum atomic E-state index is -0.629. The summed E-state index contributed by atoms with van der Waals surface area (Å²) in [5.74, 6) is -0.172. The topological polar surface area (TPSA) is 122 Å². The lowest BCUT2D eigenvalue weighted by atomic mass is 10.1. The number of hydrogen-bond donors (Lipinski definition) is 0. The molecule has 0 amide bonds. The number of hydrogen-bond acceptors (Lipinski definition) is 8. The Labute approximate surface area is 247 Å². The number of nitro groups is 1. The molecule has 0 bridgehead atoms. The van der Waals surface area contributed by atoms with Gasteiger partial charge in [-0.15, -0.1) is 0 Å². The number of furan rings is 1. The maximum atomic E-state index is 13.6. The lowest BCUT2D eigenvalue weighted by molar-refractivity contribution is -0.386. The fourth-order valence-corrected chi connectivity index (χ4v) is 4.72. The summed E-state index contributed by atoms with van der Waals surface area (Å²) < 4.78 is 31.7. The van der Waals surface area contributed by atoms with E-state index in [0.717, 1.165) is 4.68 Å². The molecule has 43 heavy (non-hydrogen) atoms. The highest BCUT2D eigenvalue weighted by Gasteiger charge is 2.23. The van der Waals surface area contributed by atoms with Crippen LogP contribution in [0, 0.1) is 15.9 Å². The van der Waals surface area contributed by atoms with Crippen LogP contribution < -0.4 is 15.0 Å². The number of benzene rings is 4. The van der Waals surface area contributed by atoms with Gasteiger partial charge in [-0.1, -0.05) is 35.9 Å². The predicted molar refractivity (Wildman–Crippen MR) is 160 cm³/mol. The molecule has 0 aliphatic heterocycles. The quantitative estimate of drug-likeness (QED) is 0.105. The third-order valence-electron chi connectivity index (χ3n) is 6.52. The maximum Gasteiger partial charge on any atom is 0.315 e. The minimum absolute atomic E-state index is 0.0467. The Balaban J connectivity index is 1.44. The van der Waals surface area contributed by atoms with Crippen molar-refractivity contribution in [2.24, 2.45) is 5.10 Å². The standard InChI is InChI=1S/C31H20ClFN4O6/c1-41-27-13-19(12-25(37(39)40)29(27)42-17-18-5-4-6-22(33)11-18)16-34-36-30(35-24-8-3-2-7-23(24)31(36)38)28-15-20-14-21(32)9-10-26(20)43-28/h2-16H,17H2,1H3. The van der Waals surface area contributed by atoms with Crippen LogP contribution >= 0.6 is 11.6 Å². The second kappa shape index (κ2) is 11.4. The lowest BCUT2D eigenvalue weighted by Gasteiger charge is -2.12. The molecule has 2 aromatic heterocycles. The highest BCUT2D eigenvalue weighted by Crippen LogP contribution is 2.38. The van der Waals surface area contributed by atoms with Gasteiger partial charge >= 0.3 is 5.69 Å². The smallest absolute Gasteiger partial charge is 0.315 e. The number of ether oxygens (including phenoxy) is 2. The molecular formula is C31H20ClFN4O6. The Morgan fingerprint density at radius 1 is 1.09 bits per heavy atom. The second-order valence-electron chi connectivity index (χ2n) is 9.35. The number of nitro benzene ring substituents is 1. The van der Waals surface area contributed by atoms with Crippen molar-refractivity contribution in [2.45, 2.75) is 6.61 Å². The van der Waals surface area contributed by atoms with E-state index in [0.29, 0.717) is 32.5 Å². The van der Waals surface area contributed by atoms with Gasteiger partial charge in [-0.05, 0) is 60.2 Å². The van der Waals surface area contributed by atoms with E-state index < -0.39 is 22.0 Å². The molecule has 0 aliphatic carbocycles. The van der Waals surface area contributed by atoms with Crippen LogP contribution in [0.4, 0.5) is 10.1 Å². The fourth-order valence-electron chi connectivity index (χ4n) is 4.54. The van der Waals surface area contributed by atoms with Crippen molar-refractivity contribution in [1.29, 1.82) is 0 Å². The molecule has 12 heteroatoms. The molecule has 0 saturated heterocycles. The zero-order chi connectivity index (χ0) is 30.1. The molecule has 6 aromatic rings. The summed E-state index contributed by atoms with van der Waals surface area (Å²) in [5, 5.41) is 17.9. The molecule has 10 nitrogen and oxygen atoms in total. The first-order valence-corrected chi connectivity index (χ1v) is 13.2. The summed E-state index contributed by atoms with van der Waals surface area (Å²) in [6, 6.07) is 22.0. The van der Waals surface area contributed by atoms with Gasteiger partial charge in [-0.2, -0.15) is 9.78 Å². The molecule has 0 radical (unpaired) electrons. The number of para-hydroxylation sites is 1. The van der Waals surface area contributed by atoms with Gasteiger partial charge in [0.15, 0.2) is 11.5 Å². The van der Waals surface area contributed by atoms with E-state index in [9.17, 15) is 19.3 Å². The summed E-state index contributed by atoms with van der Waals surface area (Å²) in [6.45, 7) is -0.132. The van der Waals surface area contributed by atoms with Crippen LogP contribution in [0.25, 0.3) is 33.5 Å². The first kappa shape index (κ1) is 27.6. The van der Waals surface area contributed by atoms with Gasteiger partial charge in [0.25, 0.3) is 5.56 Å². The zero-order valence-electron chi connectivity index (χ0n) is 22.4. The average Bonchev–Trinajstić information content (AvgIpc) is 3.42. The van der Waals surface area contributed by atoms with Crippen molar-refractivity contribution in [1.82, 2.24) is 9.66 Å². The van der Waals surface area contributed by atoms with E-state index in [2.05, 4.69) is 10.1 Å². The van der Waals surface area contributed by atoms with Crippen LogP contribution in [-0.4, -0.2) is 27.9 Å². The van der Waals surface area contributed by atoms with Crippen LogP contribution in [0.1, 0.15) is 11.1 Å². The van der Waals surface area contributed by atoms with Crippen LogP contribution in [0.2, 0.25) is 5.02 Å². The number of methoxy groups -OCH3 is 1. The number of aromatic nitrogens is 2. The van der Waals surface area contributed by atoms with Crippen LogP contribution in [0.5, 0.6) is 11.5 Å². The van der Waals surface area contributed by atoms with Crippen LogP contribution in [0.3, 0.4) is 0 Å². The third-order valence-corrected chi connectivity index (χ3v) is 6.76. The molecule has 0 aliphatic rings. The molecule has 0 saturated carbocycles. The van der Waals surface area contributed by atoms with E-state index >= 15 is 0 Å². The Kier molecular flexibility index (Phi) is 7.31. The van der Waals surface area contributed by atoms with Gasteiger partial charge in [0, 0.05) is 22.0 Å². The van der Waals surface area contributed by atoms with Gasteiger partial charge in [0.2, 0.25) is 11.6 Å². The van der Waals surface area contributed by atoms with Crippen molar-refractivity contribution in [3.05, 3.63) is 127 Å². The number of nitrogens with zero attached hydrogens (tertiary/aromatic N) is 4. The molecule has 0 spiro atoms. The minimum Gasteiger partial charge on any atom is -0.493 e. The summed E-state index contributed by atoms with van der Waals surface area (Å²) in [4.78, 5) is 29.6. The predicted octanol–water partition coefficient (Wildman–Crippen LogP) is 6.98. The molecule has 0 atom stereocenters. The summed E-state index contributed by atoms with van der Waals surface area (Å²) in [5.41, 5.74) is 0.799. The molecule has 6 rings (SSSR count). The Bertz CT molecular complexity index is 2120. The van der Waals surface area contributed by atoms with Gasteiger partial charge in [0.05, 0.1) is 29.2 Å². The van der Waals surface area contributed by atoms with E-state index in [-0.39, 0.29) is 35.3 Å². The van der Waals surface area contributed by atoms with Crippen LogP contribution in [0.15, 0.2) is 99.2 Å². The second-order valence-corrected chi connectivity index (χ2v) is 9.79. The van der Waals surface area contributed by atoms with Crippen molar-refractivity contribution >= 4 is 45.4 Å². The molecule has 214 valence electrons. The van der Waals surface area contributed by atoms with Gasteiger partial charge in [-0.3, -0.25) is 14.9 Å². The molecule has 4 aromatic carbocycles. The zero-order valence-corrected chi connectivity index (χ0v) is 23.1. The summed E-state index contributed by atoms with van der Waals surface area (Å²) in [7, 11) is 1.33. The molecule has 2 heterocycles. The summed E-state index contributed by atoms with van der Waals surface area (Å²) in [6.07, 6.45) is 1.27. The van der Waals surface area contributed by atoms with Gasteiger partial charge in [0.1, 0.15) is 18.0 Å². The number of fused-ring (bicyclic) bond motifs is 2. The molecule has 0 N–H and O–H groups in total. The molecule has 0 unspecified atom stereocenters. The molecule has 0 fully saturated rings. The Morgan fingerprint density at radius 3 is 2.72 bits per heavy atom. The normalized spacial score (nSPS) is 11.4. The third kappa shape index (κ3) is 5.53. The van der Waals surface area contributed by atoms with Crippen molar-refractivity contribution in [3.63, 3.8) is 0 Å². The van der Waals surface area contributed by atoms with Crippen molar-refractivity contribution in [3.8, 4) is 23.1 Å². The van der Waals surface area contributed by atoms with Crippen molar-refractivity contribution < 1.29 is 23.2 Å². The summed E-state index contributed by atoms with van der Waals surface area (Å²) >= 11 is 6.14. The van der Waals surface area contributed by atoms with Crippen molar-refractivity contribution in [2.75, 3.05) is 7.11 Å². The Morgan fingerprint density at radius 2 is 1.93 bits per heavy atom. The average molecular weight is 599 g/mol. The number of halogens is 2. The van der Waals surface area contributed by atoms with E-state index in [4.69, 9.17) is 25.5 Å².